The minimum Gasteiger partial charge on any atom is -0.507 e. The van der Waals surface area contributed by atoms with Crippen molar-refractivity contribution in [3.8, 4) is 11.5 Å². The number of phenols is 1. The number of carbonyl (C=O) groups is 3. The predicted molar refractivity (Wildman–Crippen MR) is 90.0 cm³/mol. The first-order valence-electron chi connectivity index (χ1n) is 8.23. The highest BCUT2D eigenvalue weighted by atomic mass is 16.5. The van der Waals surface area contributed by atoms with Gasteiger partial charge in [-0.2, -0.15) is 0 Å². The number of esters is 1. The van der Waals surface area contributed by atoms with E-state index in [4.69, 9.17) is 9.47 Å². The molecule has 1 aromatic carbocycles. The number of benzene rings is 1. The molecule has 1 aliphatic carbocycles. The summed E-state index contributed by atoms with van der Waals surface area (Å²) in [5.41, 5.74) is -1.41. The molecular formula is C19H20O7. The van der Waals surface area contributed by atoms with Gasteiger partial charge in [-0.1, -0.05) is 12.2 Å². The van der Waals surface area contributed by atoms with Gasteiger partial charge in [0.15, 0.2) is 0 Å². The largest absolute Gasteiger partial charge is 0.507 e. The molecule has 0 saturated heterocycles. The minimum atomic E-state index is -1.98. The number of Topliss-reactive ketones (excluding diaryl/α,β-unsaturated/α-hetero) is 2. The number of aromatic hydroxyl groups is 1. The quantitative estimate of drug-likeness (QED) is 0.618. The average molecular weight is 360 g/mol. The van der Waals surface area contributed by atoms with E-state index >= 15 is 0 Å². The van der Waals surface area contributed by atoms with Gasteiger partial charge in [0.25, 0.3) is 0 Å². The Morgan fingerprint density at radius 3 is 2.62 bits per heavy atom. The van der Waals surface area contributed by atoms with Crippen LogP contribution in [0.2, 0.25) is 0 Å². The normalized spacial score (nSPS) is 29.4. The lowest BCUT2D eigenvalue weighted by Crippen LogP contribution is -2.62. The number of methoxy groups -OCH3 is 1. The van der Waals surface area contributed by atoms with Gasteiger partial charge in [0.2, 0.25) is 11.4 Å². The van der Waals surface area contributed by atoms with Crippen molar-refractivity contribution in [3.63, 3.8) is 0 Å². The van der Waals surface area contributed by atoms with Crippen LogP contribution in [0.15, 0.2) is 24.3 Å². The number of hydrogen-bond donors (Lipinski definition) is 2. The fourth-order valence-electron chi connectivity index (χ4n) is 3.87. The summed E-state index contributed by atoms with van der Waals surface area (Å²) in [7, 11) is 1.17. The van der Waals surface area contributed by atoms with Crippen LogP contribution < -0.4 is 4.74 Å². The molecule has 1 spiro atoms. The molecule has 0 bridgehead atoms. The van der Waals surface area contributed by atoms with Crippen molar-refractivity contribution >= 4 is 17.5 Å². The second kappa shape index (κ2) is 6.25. The molecule has 26 heavy (non-hydrogen) atoms. The second-order valence-electron chi connectivity index (χ2n) is 6.78. The van der Waals surface area contributed by atoms with Crippen LogP contribution in [0, 0.1) is 18.8 Å². The van der Waals surface area contributed by atoms with E-state index in [1.165, 1.54) is 32.3 Å². The first-order valence-corrected chi connectivity index (χ1v) is 8.23. The Kier molecular flexibility index (Phi) is 4.36. The van der Waals surface area contributed by atoms with E-state index < -0.39 is 35.3 Å². The van der Waals surface area contributed by atoms with E-state index in [9.17, 15) is 24.6 Å². The SMILES string of the molecule is COC(=O)C1C(CC(C)=O)C=CC(O)C12Oc1cc(C)cc(O)c1C2=O. The molecular weight excluding hydrogens is 340 g/mol. The molecule has 2 N–H and O–H groups in total. The monoisotopic (exact) mass is 360 g/mol. The van der Waals surface area contributed by atoms with E-state index in [1.54, 1.807) is 13.0 Å². The van der Waals surface area contributed by atoms with E-state index in [0.29, 0.717) is 5.56 Å². The molecule has 1 aliphatic heterocycles. The molecule has 1 aromatic rings. The molecule has 138 valence electrons. The van der Waals surface area contributed by atoms with Crippen molar-refractivity contribution < 1.29 is 34.1 Å². The van der Waals surface area contributed by atoms with Crippen LogP contribution in [0.5, 0.6) is 11.5 Å². The third-order valence-corrected chi connectivity index (χ3v) is 4.93. The van der Waals surface area contributed by atoms with Crippen molar-refractivity contribution in [2.24, 2.45) is 11.8 Å². The number of hydrogen-bond acceptors (Lipinski definition) is 7. The smallest absolute Gasteiger partial charge is 0.313 e. The van der Waals surface area contributed by atoms with Crippen molar-refractivity contribution in [2.75, 3.05) is 7.11 Å². The van der Waals surface area contributed by atoms with Crippen LogP contribution in [0.25, 0.3) is 0 Å². The third kappa shape index (κ3) is 2.50. The fourth-order valence-corrected chi connectivity index (χ4v) is 3.87. The number of ether oxygens (including phenoxy) is 2. The average Bonchev–Trinajstić information content (AvgIpc) is 2.83. The zero-order chi connectivity index (χ0) is 19.2. The van der Waals surface area contributed by atoms with Crippen LogP contribution >= 0.6 is 0 Å². The van der Waals surface area contributed by atoms with Crippen molar-refractivity contribution in [1.29, 1.82) is 0 Å². The lowest BCUT2D eigenvalue weighted by Gasteiger charge is -2.41. The summed E-state index contributed by atoms with van der Waals surface area (Å²) in [6.45, 7) is 3.09. The molecule has 4 atom stereocenters. The number of phenolic OH excluding ortho intramolecular Hbond substituents is 1. The maximum Gasteiger partial charge on any atom is 0.313 e. The van der Waals surface area contributed by atoms with Crippen LogP contribution in [0.4, 0.5) is 0 Å². The molecule has 0 fully saturated rings. The number of ketones is 2. The van der Waals surface area contributed by atoms with Gasteiger partial charge in [0, 0.05) is 12.3 Å². The highest BCUT2D eigenvalue weighted by molar-refractivity contribution is 6.12. The van der Waals surface area contributed by atoms with E-state index in [2.05, 4.69) is 0 Å². The van der Waals surface area contributed by atoms with E-state index in [-0.39, 0.29) is 29.3 Å². The summed E-state index contributed by atoms with van der Waals surface area (Å²) in [4.78, 5) is 37.4. The van der Waals surface area contributed by atoms with E-state index in [0.717, 1.165) is 0 Å². The summed E-state index contributed by atoms with van der Waals surface area (Å²) in [6, 6.07) is 2.96. The zero-order valence-electron chi connectivity index (χ0n) is 14.7. The Labute approximate surface area is 150 Å². The molecule has 7 nitrogen and oxygen atoms in total. The Hall–Kier alpha value is -2.67. The first kappa shape index (κ1) is 18.1. The van der Waals surface area contributed by atoms with Crippen molar-refractivity contribution in [3.05, 3.63) is 35.4 Å². The summed E-state index contributed by atoms with van der Waals surface area (Å²) in [5, 5.41) is 20.8. The van der Waals surface area contributed by atoms with Gasteiger partial charge in [0.05, 0.1) is 7.11 Å². The molecule has 0 radical (unpaired) electrons. The highest BCUT2D eigenvalue weighted by Crippen LogP contribution is 2.50. The number of aryl methyl sites for hydroxylation is 1. The molecule has 4 unspecified atom stereocenters. The van der Waals surface area contributed by atoms with Crippen LogP contribution in [-0.2, 0) is 14.3 Å². The molecule has 1 heterocycles. The van der Waals surface area contributed by atoms with Crippen LogP contribution in [0.3, 0.4) is 0 Å². The number of aliphatic hydroxyl groups excluding tert-OH is 1. The summed E-state index contributed by atoms with van der Waals surface area (Å²) < 4.78 is 10.7. The summed E-state index contributed by atoms with van der Waals surface area (Å²) in [6.07, 6.45) is 1.43. The maximum atomic E-state index is 13.2. The second-order valence-corrected chi connectivity index (χ2v) is 6.78. The number of allylic oxidation sites excluding steroid dienone is 1. The van der Waals surface area contributed by atoms with Crippen LogP contribution in [-0.4, -0.2) is 46.6 Å². The molecule has 7 heteroatoms. The first-order chi connectivity index (χ1) is 12.2. The molecule has 0 aromatic heterocycles. The van der Waals surface area contributed by atoms with Gasteiger partial charge >= 0.3 is 5.97 Å². The summed E-state index contributed by atoms with van der Waals surface area (Å²) in [5.74, 6) is -3.74. The summed E-state index contributed by atoms with van der Waals surface area (Å²) >= 11 is 0. The highest BCUT2D eigenvalue weighted by Gasteiger charge is 2.64. The Morgan fingerprint density at radius 1 is 1.31 bits per heavy atom. The zero-order valence-corrected chi connectivity index (χ0v) is 14.7. The predicted octanol–water partition coefficient (Wildman–Crippen LogP) is 1.33. The van der Waals surface area contributed by atoms with Crippen molar-refractivity contribution in [1.82, 2.24) is 0 Å². The van der Waals surface area contributed by atoms with E-state index in [1.807, 2.05) is 0 Å². The maximum absolute atomic E-state index is 13.2. The number of aliphatic hydroxyl groups is 1. The van der Waals surface area contributed by atoms with Gasteiger partial charge in [-0.05, 0) is 31.5 Å². The number of fused-ring (bicyclic) bond motifs is 1. The van der Waals surface area contributed by atoms with Gasteiger partial charge in [-0.15, -0.1) is 0 Å². The Bertz CT molecular complexity index is 825. The standard InChI is InChI=1S/C19H20O7/c1-9-6-12(21)15-13(7-9)26-19(17(15)23)14(22)5-4-11(8-10(2)20)16(19)18(24)25-3/h4-7,11,14,16,21-22H,8H2,1-3H3. The Morgan fingerprint density at radius 2 is 2.00 bits per heavy atom. The van der Waals surface area contributed by atoms with Gasteiger partial charge < -0.3 is 24.5 Å². The number of carbonyl (C=O) groups excluding carboxylic acids is 3. The lowest BCUT2D eigenvalue weighted by molar-refractivity contribution is -0.159. The lowest BCUT2D eigenvalue weighted by atomic mass is 9.67. The van der Waals surface area contributed by atoms with Gasteiger partial charge in [-0.3, -0.25) is 9.59 Å². The number of rotatable bonds is 3. The van der Waals surface area contributed by atoms with Gasteiger partial charge in [0.1, 0.15) is 34.9 Å². The molecule has 0 amide bonds. The third-order valence-electron chi connectivity index (χ3n) is 4.93. The van der Waals surface area contributed by atoms with Gasteiger partial charge in [-0.25, -0.2) is 0 Å². The molecule has 2 aliphatic rings. The van der Waals surface area contributed by atoms with Crippen molar-refractivity contribution in [2.45, 2.75) is 32.0 Å². The molecule has 3 rings (SSSR count). The van der Waals surface area contributed by atoms with Crippen LogP contribution in [0.1, 0.15) is 29.3 Å². The fraction of sp³-hybridized carbons (Fsp3) is 0.421. The topological polar surface area (TPSA) is 110 Å². The minimum absolute atomic E-state index is 0.0112. The Balaban J connectivity index is 2.18. The molecule has 0 saturated carbocycles.